The number of nitrogen functional groups attached to an aromatic ring is 1. The Labute approximate surface area is 144 Å². The molecule has 0 saturated heterocycles. The predicted molar refractivity (Wildman–Crippen MR) is 89.6 cm³/mol. The Kier molecular flexibility index (Phi) is 6.44. The molecule has 0 aromatic carbocycles. The van der Waals surface area contributed by atoms with Gasteiger partial charge in [-0.15, -0.1) is 0 Å². The van der Waals surface area contributed by atoms with Crippen molar-refractivity contribution in [2.75, 3.05) is 30.3 Å². The van der Waals surface area contributed by atoms with E-state index in [9.17, 15) is 19.8 Å². The molecule has 138 valence electrons. The molecular weight excluding hydrogens is 330 g/mol. The number of carbonyl (C=O) groups excluding carboxylic acids is 1. The van der Waals surface area contributed by atoms with Crippen molar-refractivity contribution < 1.29 is 19.8 Å². The highest BCUT2D eigenvalue weighted by atomic mass is 16.4. The molecule has 1 amide bonds. The van der Waals surface area contributed by atoms with Crippen LogP contribution in [0.4, 0.5) is 11.6 Å². The number of aliphatic hydroxyl groups excluding tert-OH is 1. The summed E-state index contributed by atoms with van der Waals surface area (Å²) in [7, 11) is 0. The largest absolute Gasteiger partial charge is 0.480 e. The van der Waals surface area contributed by atoms with Gasteiger partial charge in [-0.1, -0.05) is 6.42 Å². The number of unbranched alkanes of at least 4 members (excludes halogenated alkanes) is 1. The van der Waals surface area contributed by atoms with E-state index in [2.05, 4.69) is 20.6 Å². The van der Waals surface area contributed by atoms with Gasteiger partial charge >= 0.3 is 5.97 Å². The van der Waals surface area contributed by atoms with Crippen LogP contribution >= 0.6 is 0 Å². The summed E-state index contributed by atoms with van der Waals surface area (Å²) in [5.41, 5.74) is 11.2. The number of hydrogen-bond acceptors (Lipinski definition) is 9. The molecule has 0 fully saturated rings. The minimum atomic E-state index is -1.28. The van der Waals surface area contributed by atoms with Gasteiger partial charge in [0, 0.05) is 13.1 Å². The van der Waals surface area contributed by atoms with Crippen LogP contribution in [-0.4, -0.2) is 64.1 Å². The van der Waals surface area contributed by atoms with Gasteiger partial charge in [0.05, 0.1) is 0 Å². The van der Waals surface area contributed by atoms with Crippen molar-refractivity contribution in [3.8, 4) is 0 Å². The number of hydrogen-bond donors (Lipinski definition) is 6. The van der Waals surface area contributed by atoms with Gasteiger partial charge in [0.2, 0.25) is 6.35 Å². The van der Waals surface area contributed by atoms with Crippen molar-refractivity contribution >= 4 is 23.5 Å². The lowest BCUT2D eigenvalue weighted by molar-refractivity contribution is -0.139. The van der Waals surface area contributed by atoms with Crippen LogP contribution in [0.2, 0.25) is 0 Å². The summed E-state index contributed by atoms with van der Waals surface area (Å²) in [6.45, 7) is 0.991. The second-order valence-electron chi connectivity index (χ2n) is 5.63. The van der Waals surface area contributed by atoms with E-state index in [1.165, 1.54) is 11.2 Å². The Morgan fingerprint density at radius 2 is 2.20 bits per heavy atom. The van der Waals surface area contributed by atoms with Gasteiger partial charge in [0.1, 0.15) is 23.8 Å². The molecule has 8 N–H and O–H groups in total. The zero-order valence-corrected chi connectivity index (χ0v) is 13.7. The number of rotatable bonds is 9. The fourth-order valence-electron chi connectivity index (χ4n) is 2.60. The number of aliphatic hydroxyl groups is 1. The Bertz CT molecular complexity index is 627. The van der Waals surface area contributed by atoms with Gasteiger partial charge in [0.15, 0.2) is 5.82 Å². The quantitative estimate of drug-likeness (QED) is 0.273. The Hall–Kier alpha value is -2.50. The molecule has 0 spiro atoms. The average Bonchev–Trinajstić information content (AvgIpc) is 2.55. The number of nitrogens with two attached hydrogens (primary N) is 2. The maximum Gasteiger partial charge on any atom is 0.320 e. The van der Waals surface area contributed by atoms with Crippen LogP contribution < -0.4 is 27.0 Å². The minimum absolute atomic E-state index is 0.0116. The smallest absolute Gasteiger partial charge is 0.320 e. The first kappa shape index (κ1) is 18.8. The molecule has 0 aliphatic carbocycles. The van der Waals surface area contributed by atoms with Gasteiger partial charge in [-0.3, -0.25) is 9.59 Å². The van der Waals surface area contributed by atoms with Crippen molar-refractivity contribution in [3.63, 3.8) is 0 Å². The molecule has 2 atom stereocenters. The number of carboxylic acids is 1. The molecular formula is C14H23N7O4. The van der Waals surface area contributed by atoms with E-state index in [1.54, 1.807) is 0 Å². The van der Waals surface area contributed by atoms with E-state index in [4.69, 9.17) is 11.5 Å². The molecule has 1 aromatic heterocycles. The van der Waals surface area contributed by atoms with Crippen LogP contribution in [0.1, 0.15) is 29.6 Å². The van der Waals surface area contributed by atoms with Gasteiger partial charge in [0.25, 0.3) is 5.91 Å². The predicted octanol–water partition coefficient (Wildman–Crippen LogP) is -1.94. The van der Waals surface area contributed by atoms with Crippen LogP contribution in [0.3, 0.4) is 0 Å². The van der Waals surface area contributed by atoms with Crippen molar-refractivity contribution in [1.29, 1.82) is 0 Å². The van der Waals surface area contributed by atoms with E-state index < -0.39 is 24.3 Å². The molecule has 0 saturated carbocycles. The molecule has 25 heavy (non-hydrogen) atoms. The van der Waals surface area contributed by atoms with Gasteiger partial charge < -0.3 is 37.2 Å². The fourth-order valence-corrected chi connectivity index (χ4v) is 2.60. The Morgan fingerprint density at radius 3 is 2.88 bits per heavy atom. The summed E-state index contributed by atoms with van der Waals surface area (Å²) in [5.74, 6) is -1.29. The third-order valence-electron chi connectivity index (χ3n) is 3.90. The minimum Gasteiger partial charge on any atom is -0.480 e. The van der Waals surface area contributed by atoms with Crippen LogP contribution in [0.5, 0.6) is 0 Å². The second-order valence-corrected chi connectivity index (χ2v) is 5.63. The SMILES string of the molecule is NCCCC[C@H](NCCN1c2ncnc(N)c2C(=O)NC1O)C(=O)O. The number of carboxylic acid groups (broad SMARTS) is 1. The van der Waals surface area contributed by atoms with Crippen LogP contribution in [-0.2, 0) is 4.79 Å². The van der Waals surface area contributed by atoms with E-state index in [-0.39, 0.29) is 30.3 Å². The topological polar surface area (TPSA) is 180 Å². The molecule has 2 heterocycles. The number of nitrogens with zero attached hydrogens (tertiary/aromatic N) is 3. The Morgan fingerprint density at radius 1 is 1.44 bits per heavy atom. The molecule has 1 aliphatic heterocycles. The maximum absolute atomic E-state index is 11.9. The second kappa shape index (κ2) is 8.55. The lowest BCUT2D eigenvalue weighted by Crippen LogP contribution is -2.55. The molecule has 11 nitrogen and oxygen atoms in total. The lowest BCUT2D eigenvalue weighted by atomic mass is 10.1. The number of aliphatic carboxylic acids is 1. The monoisotopic (exact) mass is 353 g/mol. The van der Waals surface area contributed by atoms with Crippen molar-refractivity contribution in [2.24, 2.45) is 5.73 Å². The molecule has 1 unspecified atom stereocenters. The number of amides is 1. The summed E-state index contributed by atoms with van der Waals surface area (Å²) >= 11 is 0. The van der Waals surface area contributed by atoms with Crippen LogP contribution in [0, 0.1) is 0 Å². The number of anilines is 2. The lowest BCUT2D eigenvalue weighted by Gasteiger charge is -2.34. The van der Waals surface area contributed by atoms with Crippen LogP contribution in [0.15, 0.2) is 6.33 Å². The molecule has 2 rings (SSSR count). The van der Waals surface area contributed by atoms with Gasteiger partial charge in [-0.05, 0) is 19.4 Å². The molecule has 11 heteroatoms. The number of nitrogens with one attached hydrogen (secondary N) is 2. The highest BCUT2D eigenvalue weighted by Gasteiger charge is 2.32. The molecule has 0 bridgehead atoms. The van der Waals surface area contributed by atoms with Gasteiger partial charge in [-0.25, -0.2) is 9.97 Å². The fraction of sp³-hybridized carbons (Fsp3) is 0.571. The number of aromatic nitrogens is 2. The zero-order valence-electron chi connectivity index (χ0n) is 13.7. The summed E-state index contributed by atoms with van der Waals surface area (Å²) < 4.78 is 0. The van der Waals surface area contributed by atoms with E-state index >= 15 is 0 Å². The third-order valence-corrected chi connectivity index (χ3v) is 3.90. The first-order chi connectivity index (χ1) is 12.0. The van der Waals surface area contributed by atoms with E-state index in [0.29, 0.717) is 19.4 Å². The van der Waals surface area contributed by atoms with Crippen molar-refractivity contribution in [3.05, 3.63) is 11.9 Å². The number of carbonyl (C=O) groups is 2. The summed E-state index contributed by atoms with van der Waals surface area (Å²) in [4.78, 5) is 32.4. The summed E-state index contributed by atoms with van der Waals surface area (Å²) in [6, 6.07) is -0.710. The van der Waals surface area contributed by atoms with Crippen LogP contribution in [0.25, 0.3) is 0 Å². The molecule has 1 aromatic rings. The van der Waals surface area contributed by atoms with E-state index in [0.717, 1.165) is 6.42 Å². The summed E-state index contributed by atoms with van der Waals surface area (Å²) in [5, 5.41) is 24.6. The molecule has 1 aliphatic rings. The highest BCUT2D eigenvalue weighted by Crippen LogP contribution is 2.25. The first-order valence-electron chi connectivity index (χ1n) is 7.98. The third kappa shape index (κ3) is 4.53. The highest BCUT2D eigenvalue weighted by molar-refractivity contribution is 6.04. The first-order valence-corrected chi connectivity index (χ1v) is 7.98. The zero-order chi connectivity index (χ0) is 18.4. The normalized spacial score (nSPS) is 17.8. The van der Waals surface area contributed by atoms with Crippen molar-refractivity contribution in [2.45, 2.75) is 31.7 Å². The van der Waals surface area contributed by atoms with E-state index in [1.807, 2.05) is 0 Å². The average molecular weight is 353 g/mol. The van der Waals surface area contributed by atoms with Crippen molar-refractivity contribution in [1.82, 2.24) is 20.6 Å². The van der Waals surface area contributed by atoms with Gasteiger partial charge in [-0.2, -0.15) is 0 Å². The Balaban J connectivity index is 2.00. The summed E-state index contributed by atoms with van der Waals surface area (Å²) in [6.07, 6.45) is 1.84. The number of fused-ring (bicyclic) bond motifs is 1. The standard InChI is InChI=1S/C14H23N7O4/c15-4-2-1-3-8(13(23)24)17-5-6-21-11-9(10(16)18-7-19-11)12(22)20-14(21)25/h7-8,14,17,25H,1-6,15H2,(H,20,22)(H,23,24)(H2,16,18,19)/t8-,14?/m0/s1. The maximum atomic E-state index is 11.9. The molecule has 0 radical (unpaired) electrons.